The second-order valence-electron chi connectivity index (χ2n) is 9.52. The first-order valence-electron chi connectivity index (χ1n) is 10.7. The number of carbonyl (C=O) groups excluding carboxylic acids is 1. The van der Waals surface area contributed by atoms with Gasteiger partial charge in [0.1, 0.15) is 5.78 Å². The van der Waals surface area contributed by atoms with E-state index in [9.17, 15) is 9.90 Å². The molecule has 3 nitrogen and oxygen atoms in total. The van der Waals surface area contributed by atoms with Crippen molar-refractivity contribution in [1.29, 1.82) is 0 Å². The Balaban J connectivity index is 2.92. The summed E-state index contributed by atoms with van der Waals surface area (Å²) in [6, 6.07) is 0. The van der Waals surface area contributed by atoms with Crippen molar-refractivity contribution in [2.45, 2.75) is 103 Å². The third-order valence-corrected chi connectivity index (χ3v) is 10.8. The summed E-state index contributed by atoms with van der Waals surface area (Å²) in [7, 11) is -1.87. The van der Waals surface area contributed by atoms with Gasteiger partial charge in [-0.25, -0.2) is 0 Å². The molecule has 0 radical (unpaired) electrons. The molecule has 0 unspecified atom stereocenters. The highest BCUT2D eigenvalue weighted by molar-refractivity contribution is 6.74. The Morgan fingerprint density at radius 1 is 1.30 bits per heavy atom. The van der Waals surface area contributed by atoms with Crippen LogP contribution < -0.4 is 0 Å². The molecular formula is C23H42O3Si. The summed E-state index contributed by atoms with van der Waals surface area (Å²) in [6.45, 7) is 15.5. The van der Waals surface area contributed by atoms with Crippen molar-refractivity contribution in [2.75, 3.05) is 0 Å². The van der Waals surface area contributed by atoms with Crippen LogP contribution in [0.3, 0.4) is 0 Å². The number of unbranched alkanes of at least 4 members (excludes halogenated alkanes) is 2. The number of allylic oxidation sites excluding steroid dienone is 2. The van der Waals surface area contributed by atoms with E-state index in [-0.39, 0.29) is 35.2 Å². The van der Waals surface area contributed by atoms with Gasteiger partial charge in [0.15, 0.2) is 8.32 Å². The van der Waals surface area contributed by atoms with Crippen LogP contribution in [0.25, 0.3) is 0 Å². The molecule has 0 aromatic rings. The van der Waals surface area contributed by atoms with E-state index in [0.717, 1.165) is 12.8 Å². The van der Waals surface area contributed by atoms with Crippen molar-refractivity contribution in [1.82, 2.24) is 0 Å². The second kappa shape index (κ2) is 10.7. The Morgan fingerprint density at radius 3 is 2.52 bits per heavy atom. The molecule has 1 aliphatic carbocycles. The first kappa shape index (κ1) is 24.3. The van der Waals surface area contributed by atoms with Crippen LogP contribution >= 0.6 is 0 Å². The predicted octanol–water partition coefficient (Wildman–Crippen LogP) is 6.05. The number of carbonyl (C=O) groups is 1. The van der Waals surface area contributed by atoms with Gasteiger partial charge in [0.05, 0.1) is 12.2 Å². The number of rotatable bonds is 10. The number of aliphatic hydroxyl groups is 1. The normalized spacial score (nSPS) is 25.8. The largest absolute Gasteiger partial charge is 0.411 e. The molecule has 4 atom stereocenters. The van der Waals surface area contributed by atoms with Crippen LogP contribution in [0.5, 0.6) is 0 Å². The Hall–Kier alpha value is -0.713. The highest BCUT2D eigenvalue weighted by Crippen LogP contribution is 2.38. The van der Waals surface area contributed by atoms with Gasteiger partial charge in [-0.1, -0.05) is 71.3 Å². The maximum Gasteiger partial charge on any atom is 0.192 e. The first-order valence-corrected chi connectivity index (χ1v) is 13.6. The summed E-state index contributed by atoms with van der Waals surface area (Å²) in [4.78, 5) is 12.3. The second-order valence-corrected chi connectivity index (χ2v) is 14.3. The van der Waals surface area contributed by atoms with Crippen LogP contribution in [0.15, 0.2) is 24.3 Å². The van der Waals surface area contributed by atoms with Crippen molar-refractivity contribution < 1.29 is 14.3 Å². The third kappa shape index (κ3) is 7.32. The molecule has 156 valence electrons. The predicted molar refractivity (Wildman–Crippen MR) is 117 cm³/mol. The quantitative estimate of drug-likeness (QED) is 0.279. The maximum absolute atomic E-state index is 12.3. The summed E-state index contributed by atoms with van der Waals surface area (Å²) >= 11 is 0. The number of Topliss-reactive ketones (excluding diaryl/α,β-unsaturated/α-hetero) is 1. The van der Waals surface area contributed by atoms with E-state index < -0.39 is 14.4 Å². The zero-order valence-corrected chi connectivity index (χ0v) is 19.6. The smallest absolute Gasteiger partial charge is 0.192 e. The summed E-state index contributed by atoms with van der Waals surface area (Å²) < 4.78 is 6.66. The fourth-order valence-electron chi connectivity index (χ4n) is 3.41. The standard InChI is InChI=1S/C23H42O3Si/c1-8-10-12-13-18(26-27(6,7)23(3,4)5)15-16-20-19(14-11-9-2)21(24)17-22(20)25/h9,11,15-16,18-20,22,25H,8,10,12-14,17H2,1-7H3/b11-9-,16-15+/t18-,19+,20+,22+/m0/s1. The van der Waals surface area contributed by atoms with Gasteiger partial charge in [0.2, 0.25) is 0 Å². The van der Waals surface area contributed by atoms with E-state index in [1.807, 2.05) is 19.1 Å². The molecule has 0 bridgehead atoms. The number of hydrogen-bond donors (Lipinski definition) is 1. The van der Waals surface area contributed by atoms with E-state index in [1.54, 1.807) is 0 Å². The van der Waals surface area contributed by atoms with E-state index in [0.29, 0.717) is 6.42 Å². The SMILES string of the molecule is C/C=C\C[C@H]1C(=O)C[C@@H](O)[C@@H]1/C=C/[C@H](CCCCC)O[Si](C)(C)C(C)(C)C. The molecule has 1 aliphatic rings. The zero-order valence-electron chi connectivity index (χ0n) is 18.6. The fraction of sp³-hybridized carbons (Fsp3) is 0.783. The third-order valence-electron chi connectivity index (χ3n) is 6.25. The van der Waals surface area contributed by atoms with Crippen LogP contribution in [0.4, 0.5) is 0 Å². The van der Waals surface area contributed by atoms with Gasteiger partial charge in [0, 0.05) is 18.3 Å². The average molecular weight is 395 g/mol. The van der Waals surface area contributed by atoms with Crippen molar-refractivity contribution in [2.24, 2.45) is 11.8 Å². The molecule has 1 rings (SSSR count). The molecule has 1 saturated carbocycles. The van der Waals surface area contributed by atoms with Gasteiger partial charge in [-0.15, -0.1) is 0 Å². The Labute approximate surface area is 168 Å². The lowest BCUT2D eigenvalue weighted by atomic mass is 9.90. The molecule has 0 spiro atoms. The van der Waals surface area contributed by atoms with Crippen LogP contribution in [0.1, 0.15) is 73.1 Å². The van der Waals surface area contributed by atoms with Crippen molar-refractivity contribution in [3.63, 3.8) is 0 Å². The van der Waals surface area contributed by atoms with Crippen LogP contribution in [0, 0.1) is 11.8 Å². The van der Waals surface area contributed by atoms with Crippen molar-refractivity contribution >= 4 is 14.1 Å². The molecule has 0 amide bonds. The van der Waals surface area contributed by atoms with E-state index in [4.69, 9.17) is 4.43 Å². The summed E-state index contributed by atoms with van der Waals surface area (Å²) in [5.74, 6) is -0.00917. The number of aliphatic hydroxyl groups excluding tert-OH is 1. The highest BCUT2D eigenvalue weighted by atomic mass is 28.4. The van der Waals surface area contributed by atoms with E-state index in [1.165, 1.54) is 12.8 Å². The first-order chi connectivity index (χ1) is 12.5. The van der Waals surface area contributed by atoms with Crippen molar-refractivity contribution in [3.8, 4) is 0 Å². The summed E-state index contributed by atoms with van der Waals surface area (Å²) in [6.07, 6.45) is 13.3. The van der Waals surface area contributed by atoms with Gasteiger partial charge in [-0.2, -0.15) is 0 Å². The average Bonchev–Trinajstić information content (AvgIpc) is 2.82. The molecule has 4 heteroatoms. The number of ketones is 1. The molecule has 0 aromatic heterocycles. The highest BCUT2D eigenvalue weighted by Gasteiger charge is 2.40. The summed E-state index contributed by atoms with van der Waals surface area (Å²) in [5.41, 5.74) is 0. The Morgan fingerprint density at radius 2 is 1.96 bits per heavy atom. The minimum absolute atomic E-state index is 0.0720. The molecule has 1 N–H and O–H groups in total. The molecule has 0 heterocycles. The lowest BCUT2D eigenvalue weighted by Gasteiger charge is -2.38. The van der Waals surface area contributed by atoms with Gasteiger partial charge in [0.25, 0.3) is 0 Å². The Kier molecular flexibility index (Phi) is 9.67. The lowest BCUT2D eigenvalue weighted by Crippen LogP contribution is -2.43. The molecule has 0 aliphatic heterocycles. The van der Waals surface area contributed by atoms with Gasteiger partial charge >= 0.3 is 0 Å². The summed E-state index contributed by atoms with van der Waals surface area (Å²) in [5, 5.41) is 10.6. The van der Waals surface area contributed by atoms with Gasteiger partial charge in [-0.05, 0) is 37.9 Å². The molecular weight excluding hydrogens is 352 g/mol. The van der Waals surface area contributed by atoms with E-state index in [2.05, 4.69) is 52.9 Å². The fourth-order valence-corrected chi connectivity index (χ4v) is 4.71. The van der Waals surface area contributed by atoms with Crippen LogP contribution in [-0.4, -0.2) is 31.4 Å². The zero-order chi connectivity index (χ0) is 20.7. The maximum atomic E-state index is 12.3. The van der Waals surface area contributed by atoms with Gasteiger partial charge in [-0.3, -0.25) is 4.79 Å². The lowest BCUT2D eigenvalue weighted by molar-refractivity contribution is -0.121. The molecule has 0 aromatic carbocycles. The number of hydrogen-bond acceptors (Lipinski definition) is 3. The molecule has 0 saturated heterocycles. The van der Waals surface area contributed by atoms with Crippen LogP contribution in [-0.2, 0) is 9.22 Å². The molecule has 27 heavy (non-hydrogen) atoms. The van der Waals surface area contributed by atoms with Gasteiger partial charge < -0.3 is 9.53 Å². The van der Waals surface area contributed by atoms with Crippen LogP contribution in [0.2, 0.25) is 18.1 Å². The minimum Gasteiger partial charge on any atom is -0.411 e. The van der Waals surface area contributed by atoms with Crippen molar-refractivity contribution in [3.05, 3.63) is 24.3 Å². The molecule has 1 fully saturated rings. The monoisotopic (exact) mass is 394 g/mol. The Bertz CT molecular complexity index is 516. The van der Waals surface area contributed by atoms with E-state index >= 15 is 0 Å². The minimum atomic E-state index is -1.87. The topological polar surface area (TPSA) is 46.5 Å².